The summed E-state index contributed by atoms with van der Waals surface area (Å²) in [6.07, 6.45) is 6.00. The van der Waals surface area contributed by atoms with Crippen LogP contribution in [-0.4, -0.2) is 53.6 Å². The van der Waals surface area contributed by atoms with Crippen LogP contribution >= 0.6 is 0 Å². The van der Waals surface area contributed by atoms with Crippen LogP contribution in [0.1, 0.15) is 59.8 Å². The first-order valence-corrected chi connectivity index (χ1v) is 8.72. The molecule has 0 aromatic carbocycles. The Bertz CT molecular complexity index is 354. The summed E-state index contributed by atoms with van der Waals surface area (Å²) in [5.74, 6) is 0.874. The van der Waals surface area contributed by atoms with Gasteiger partial charge in [0.15, 0.2) is 0 Å². The Hall–Kier alpha value is -0.610. The van der Waals surface area contributed by atoms with Crippen LogP contribution in [0.4, 0.5) is 0 Å². The number of amides is 1. The van der Waals surface area contributed by atoms with Crippen LogP contribution in [-0.2, 0) is 4.79 Å². The smallest absolute Gasteiger partial charge is 0.241 e. The third-order valence-electron chi connectivity index (χ3n) is 4.90. The number of hydrogen-bond acceptors (Lipinski definition) is 3. The largest absolute Gasteiger partial charge is 0.324 e. The molecule has 0 spiro atoms. The zero-order valence-electron chi connectivity index (χ0n) is 14.4. The van der Waals surface area contributed by atoms with Gasteiger partial charge in [0.05, 0.1) is 12.2 Å². The molecule has 2 rings (SSSR count). The van der Waals surface area contributed by atoms with Crippen LogP contribution in [0.5, 0.6) is 0 Å². The van der Waals surface area contributed by atoms with Crippen molar-refractivity contribution >= 4 is 5.91 Å². The maximum Gasteiger partial charge on any atom is 0.241 e. The first kappa shape index (κ1) is 16.8. The van der Waals surface area contributed by atoms with Crippen molar-refractivity contribution in [2.75, 3.05) is 13.6 Å². The van der Waals surface area contributed by atoms with E-state index in [1.165, 1.54) is 12.8 Å². The molecule has 1 aliphatic carbocycles. The molecule has 4 heteroatoms. The minimum absolute atomic E-state index is 0.0278. The zero-order chi connectivity index (χ0) is 15.6. The fourth-order valence-electron chi connectivity index (χ4n) is 3.37. The zero-order valence-corrected chi connectivity index (χ0v) is 14.4. The van der Waals surface area contributed by atoms with Crippen molar-refractivity contribution in [3.05, 3.63) is 0 Å². The minimum atomic E-state index is 0.0278. The molecule has 0 bridgehead atoms. The fraction of sp³-hybridized carbons (Fsp3) is 0.941. The summed E-state index contributed by atoms with van der Waals surface area (Å²) in [5.41, 5.74) is 0. The monoisotopic (exact) mass is 295 g/mol. The standard InChI is InChI=1S/C17H33N3O/c1-6-7-16-18-15(10-12(2)3)17(21)20(16)11-13(4)19(5)14-8-9-14/h12-16,18H,6-11H2,1-5H3. The Balaban J connectivity index is 1.97. The van der Waals surface area contributed by atoms with Crippen LogP contribution in [0.25, 0.3) is 0 Å². The lowest BCUT2D eigenvalue weighted by Crippen LogP contribution is -2.46. The molecule has 0 aromatic heterocycles. The second-order valence-electron chi connectivity index (χ2n) is 7.39. The van der Waals surface area contributed by atoms with Gasteiger partial charge in [-0.15, -0.1) is 0 Å². The molecule has 2 fully saturated rings. The predicted octanol–water partition coefficient (Wildman–Crippen LogP) is 2.44. The average Bonchev–Trinajstić information content (AvgIpc) is 3.21. The second-order valence-corrected chi connectivity index (χ2v) is 7.39. The Kier molecular flexibility index (Phi) is 5.67. The lowest BCUT2D eigenvalue weighted by atomic mass is 10.0. The number of nitrogens with one attached hydrogen (secondary N) is 1. The molecule has 1 saturated carbocycles. The van der Waals surface area contributed by atoms with Crippen molar-refractivity contribution in [3.63, 3.8) is 0 Å². The van der Waals surface area contributed by atoms with E-state index < -0.39 is 0 Å². The van der Waals surface area contributed by atoms with Crippen molar-refractivity contribution in [2.45, 2.75) is 84.1 Å². The van der Waals surface area contributed by atoms with E-state index in [1.807, 2.05) is 0 Å². The molecule has 1 heterocycles. The Morgan fingerprint density at radius 2 is 2.00 bits per heavy atom. The first-order chi connectivity index (χ1) is 9.93. The molecule has 1 aliphatic heterocycles. The van der Waals surface area contributed by atoms with E-state index in [0.29, 0.717) is 17.9 Å². The molecule has 1 N–H and O–H groups in total. The summed E-state index contributed by atoms with van der Waals surface area (Å²) < 4.78 is 0. The van der Waals surface area contributed by atoms with E-state index in [1.54, 1.807) is 0 Å². The van der Waals surface area contributed by atoms with E-state index in [4.69, 9.17) is 0 Å². The van der Waals surface area contributed by atoms with Crippen molar-refractivity contribution in [2.24, 2.45) is 5.92 Å². The third kappa shape index (κ3) is 4.19. The Labute approximate surface area is 130 Å². The molecule has 4 nitrogen and oxygen atoms in total. The van der Waals surface area contributed by atoms with Gasteiger partial charge >= 0.3 is 0 Å². The van der Waals surface area contributed by atoms with Gasteiger partial charge in [0.1, 0.15) is 0 Å². The highest BCUT2D eigenvalue weighted by molar-refractivity contribution is 5.84. The average molecular weight is 295 g/mol. The highest BCUT2D eigenvalue weighted by atomic mass is 16.2. The van der Waals surface area contributed by atoms with Crippen molar-refractivity contribution in [3.8, 4) is 0 Å². The lowest BCUT2D eigenvalue weighted by molar-refractivity contribution is -0.131. The summed E-state index contributed by atoms with van der Waals surface area (Å²) in [5, 5.41) is 3.57. The van der Waals surface area contributed by atoms with Gasteiger partial charge in [0.2, 0.25) is 5.91 Å². The molecule has 1 amide bonds. The van der Waals surface area contributed by atoms with Gasteiger partial charge in [-0.3, -0.25) is 15.0 Å². The van der Waals surface area contributed by atoms with Crippen LogP contribution in [0.2, 0.25) is 0 Å². The van der Waals surface area contributed by atoms with Crippen LogP contribution in [0.3, 0.4) is 0 Å². The second kappa shape index (κ2) is 7.10. The lowest BCUT2D eigenvalue weighted by Gasteiger charge is -2.32. The van der Waals surface area contributed by atoms with E-state index in [9.17, 15) is 4.79 Å². The van der Waals surface area contributed by atoms with Gasteiger partial charge in [-0.1, -0.05) is 27.2 Å². The van der Waals surface area contributed by atoms with Gasteiger partial charge in [-0.2, -0.15) is 0 Å². The number of carbonyl (C=O) groups excluding carboxylic acids is 1. The van der Waals surface area contributed by atoms with E-state index in [-0.39, 0.29) is 12.2 Å². The normalized spacial score (nSPS) is 28.0. The predicted molar refractivity (Wildman–Crippen MR) is 87.0 cm³/mol. The van der Waals surface area contributed by atoms with Gasteiger partial charge in [0, 0.05) is 18.6 Å². The molecule has 3 atom stereocenters. The number of nitrogens with zero attached hydrogens (tertiary/aromatic N) is 2. The van der Waals surface area contributed by atoms with Gasteiger partial charge in [-0.25, -0.2) is 0 Å². The van der Waals surface area contributed by atoms with Gasteiger partial charge in [-0.05, 0) is 45.6 Å². The number of carbonyl (C=O) groups is 1. The molecule has 2 aliphatic rings. The van der Waals surface area contributed by atoms with Crippen molar-refractivity contribution in [1.29, 1.82) is 0 Å². The summed E-state index contributed by atoms with van der Waals surface area (Å²) in [7, 11) is 2.21. The summed E-state index contributed by atoms with van der Waals surface area (Å²) in [6.45, 7) is 9.69. The first-order valence-electron chi connectivity index (χ1n) is 8.72. The highest BCUT2D eigenvalue weighted by Gasteiger charge is 2.40. The maximum atomic E-state index is 12.7. The number of likely N-dealkylation sites (N-methyl/N-ethyl adjacent to an activating group) is 1. The molecule has 21 heavy (non-hydrogen) atoms. The summed E-state index contributed by atoms with van der Waals surface area (Å²) in [4.78, 5) is 17.3. The summed E-state index contributed by atoms with van der Waals surface area (Å²) >= 11 is 0. The number of rotatable bonds is 8. The highest BCUT2D eigenvalue weighted by Crippen LogP contribution is 2.28. The van der Waals surface area contributed by atoms with Crippen LogP contribution < -0.4 is 5.32 Å². The van der Waals surface area contributed by atoms with Crippen LogP contribution in [0, 0.1) is 5.92 Å². The van der Waals surface area contributed by atoms with Crippen molar-refractivity contribution < 1.29 is 4.79 Å². The van der Waals surface area contributed by atoms with E-state index >= 15 is 0 Å². The quantitative estimate of drug-likeness (QED) is 0.747. The maximum absolute atomic E-state index is 12.7. The molecular formula is C17H33N3O. The van der Waals surface area contributed by atoms with Crippen molar-refractivity contribution in [1.82, 2.24) is 15.1 Å². The minimum Gasteiger partial charge on any atom is -0.324 e. The molecule has 0 radical (unpaired) electrons. The van der Waals surface area contributed by atoms with Crippen LogP contribution in [0.15, 0.2) is 0 Å². The molecule has 3 unspecified atom stereocenters. The molecule has 1 saturated heterocycles. The molecule has 0 aromatic rings. The Morgan fingerprint density at radius 1 is 1.33 bits per heavy atom. The SMILES string of the molecule is CCCC1NC(CC(C)C)C(=O)N1CC(C)N(C)C1CC1. The molecule has 122 valence electrons. The third-order valence-corrected chi connectivity index (χ3v) is 4.90. The fourth-order valence-corrected chi connectivity index (χ4v) is 3.37. The number of hydrogen-bond donors (Lipinski definition) is 1. The van der Waals surface area contributed by atoms with E-state index in [2.05, 4.69) is 49.9 Å². The summed E-state index contributed by atoms with van der Waals surface area (Å²) in [6, 6.07) is 1.22. The molecular weight excluding hydrogens is 262 g/mol. The Morgan fingerprint density at radius 3 is 2.52 bits per heavy atom. The topological polar surface area (TPSA) is 35.6 Å². The van der Waals surface area contributed by atoms with E-state index in [0.717, 1.165) is 31.8 Å². The van der Waals surface area contributed by atoms with Gasteiger partial charge in [0.25, 0.3) is 0 Å². The van der Waals surface area contributed by atoms with Gasteiger partial charge < -0.3 is 4.90 Å².